The maximum absolute atomic E-state index is 13.3. The first-order chi connectivity index (χ1) is 14.2. The van der Waals surface area contributed by atoms with Crippen LogP contribution in [0.3, 0.4) is 0 Å². The van der Waals surface area contributed by atoms with Crippen molar-refractivity contribution in [1.29, 1.82) is 0 Å². The molecule has 0 atom stereocenters. The third-order valence-electron chi connectivity index (χ3n) is 4.74. The molecular formula is C22H26N4O3S. The van der Waals surface area contributed by atoms with E-state index in [1.54, 1.807) is 30.3 Å². The standard InChI is InChI=1S/C22H26N4O3S/c1-4-13-24-18-12-11-15(22(23)27)14-19(18)25-30(28,29)21-10-6-7-16-17(21)8-5-9-20(16)26(2)3/h5-12,14,24-25H,4,13H2,1-3H3,(H2,23,27). The summed E-state index contributed by atoms with van der Waals surface area (Å²) in [6.45, 7) is 2.66. The summed E-state index contributed by atoms with van der Waals surface area (Å²) in [5.74, 6) is -0.627. The summed E-state index contributed by atoms with van der Waals surface area (Å²) in [5.41, 5.74) is 7.39. The molecule has 0 spiro atoms. The first kappa shape index (κ1) is 21.4. The van der Waals surface area contributed by atoms with Crippen LogP contribution in [0.2, 0.25) is 0 Å². The Hall–Kier alpha value is -3.26. The number of benzene rings is 3. The number of anilines is 3. The molecule has 8 heteroatoms. The fraction of sp³-hybridized carbons (Fsp3) is 0.227. The predicted octanol–water partition coefficient (Wildman–Crippen LogP) is 3.63. The van der Waals surface area contributed by atoms with Crippen LogP contribution in [0.25, 0.3) is 10.8 Å². The minimum Gasteiger partial charge on any atom is -0.383 e. The Bertz CT molecular complexity index is 1190. The van der Waals surface area contributed by atoms with Crippen LogP contribution in [0.4, 0.5) is 17.1 Å². The van der Waals surface area contributed by atoms with E-state index in [1.165, 1.54) is 6.07 Å². The zero-order valence-electron chi connectivity index (χ0n) is 17.3. The Morgan fingerprint density at radius 2 is 1.70 bits per heavy atom. The van der Waals surface area contributed by atoms with Gasteiger partial charge in [-0.25, -0.2) is 8.42 Å². The molecule has 158 valence electrons. The van der Waals surface area contributed by atoms with Crippen molar-refractivity contribution in [3.63, 3.8) is 0 Å². The summed E-state index contributed by atoms with van der Waals surface area (Å²) in [6, 6.07) is 15.4. The number of carbonyl (C=O) groups excluding carboxylic acids is 1. The number of hydrogen-bond acceptors (Lipinski definition) is 5. The smallest absolute Gasteiger partial charge is 0.262 e. The van der Waals surface area contributed by atoms with Crippen LogP contribution in [-0.4, -0.2) is 35.0 Å². The Labute approximate surface area is 176 Å². The zero-order chi connectivity index (χ0) is 21.9. The monoisotopic (exact) mass is 426 g/mol. The topological polar surface area (TPSA) is 105 Å². The Morgan fingerprint density at radius 1 is 1.00 bits per heavy atom. The number of nitrogens with two attached hydrogens (primary N) is 1. The summed E-state index contributed by atoms with van der Waals surface area (Å²) in [5, 5.41) is 4.63. The lowest BCUT2D eigenvalue weighted by Gasteiger charge is -2.18. The average Bonchev–Trinajstić information content (AvgIpc) is 2.71. The molecule has 0 aliphatic rings. The van der Waals surface area contributed by atoms with E-state index in [0.717, 1.165) is 17.5 Å². The van der Waals surface area contributed by atoms with Crippen LogP contribution >= 0.6 is 0 Å². The third kappa shape index (κ3) is 4.33. The van der Waals surface area contributed by atoms with Gasteiger partial charge in [-0.1, -0.05) is 31.2 Å². The van der Waals surface area contributed by atoms with E-state index in [-0.39, 0.29) is 16.1 Å². The van der Waals surface area contributed by atoms with Crippen LogP contribution in [0, 0.1) is 0 Å². The van der Waals surface area contributed by atoms with E-state index in [4.69, 9.17) is 5.73 Å². The molecule has 0 aromatic heterocycles. The van der Waals surface area contributed by atoms with Gasteiger partial charge >= 0.3 is 0 Å². The van der Waals surface area contributed by atoms with Gasteiger partial charge in [0, 0.05) is 42.7 Å². The molecule has 3 aromatic rings. The summed E-state index contributed by atoms with van der Waals surface area (Å²) < 4.78 is 29.3. The molecule has 4 N–H and O–H groups in total. The van der Waals surface area contributed by atoms with Crippen molar-refractivity contribution in [1.82, 2.24) is 0 Å². The fourth-order valence-electron chi connectivity index (χ4n) is 3.28. The number of rotatable bonds is 8. The molecule has 3 aromatic carbocycles. The van der Waals surface area contributed by atoms with Gasteiger partial charge in [0.05, 0.1) is 16.3 Å². The highest BCUT2D eigenvalue weighted by atomic mass is 32.2. The summed E-state index contributed by atoms with van der Waals surface area (Å²) in [6.07, 6.45) is 0.862. The molecule has 3 rings (SSSR count). The second-order valence-corrected chi connectivity index (χ2v) is 8.83. The summed E-state index contributed by atoms with van der Waals surface area (Å²) >= 11 is 0. The lowest BCUT2D eigenvalue weighted by molar-refractivity contribution is 0.100. The van der Waals surface area contributed by atoms with Crippen molar-refractivity contribution in [2.45, 2.75) is 18.2 Å². The molecule has 0 saturated carbocycles. The minimum absolute atomic E-state index is 0.162. The lowest BCUT2D eigenvalue weighted by atomic mass is 10.1. The van der Waals surface area contributed by atoms with E-state index >= 15 is 0 Å². The number of fused-ring (bicyclic) bond motifs is 1. The maximum Gasteiger partial charge on any atom is 0.262 e. The molecular weight excluding hydrogens is 400 g/mol. The number of nitrogens with one attached hydrogen (secondary N) is 2. The highest BCUT2D eigenvalue weighted by molar-refractivity contribution is 7.93. The molecule has 0 saturated heterocycles. The molecule has 30 heavy (non-hydrogen) atoms. The Balaban J connectivity index is 2.10. The van der Waals surface area contributed by atoms with Crippen LogP contribution in [0.1, 0.15) is 23.7 Å². The lowest BCUT2D eigenvalue weighted by Crippen LogP contribution is -2.17. The number of hydrogen-bond donors (Lipinski definition) is 3. The molecule has 0 aliphatic heterocycles. The van der Waals surface area contributed by atoms with Crippen LogP contribution < -0.4 is 20.7 Å². The van der Waals surface area contributed by atoms with Crippen molar-refractivity contribution >= 4 is 43.8 Å². The van der Waals surface area contributed by atoms with Crippen LogP contribution in [-0.2, 0) is 10.0 Å². The normalized spacial score (nSPS) is 11.3. The Kier molecular flexibility index (Phi) is 6.17. The van der Waals surface area contributed by atoms with Crippen molar-refractivity contribution in [2.75, 3.05) is 35.6 Å². The van der Waals surface area contributed by atoms with E-state index in [1.807, 2.05) is 44.1 Å². The van der Waals surface area contributed by atoms with Gasteiger partial charge in [0.1, 0.15) is 0 Å². The van der Waals surface area contributed by atoms with Gasteiger partial charge in [-0.2, -0.15) is 0 Å². The van der Waals surface area contributed by atoms with E-state index in [9.17, 15) is 13.2 Å². The van der Waals surface area contributed by atoms with Crippen molar-refractivity contribution in [2.24, 2.45) is 5.73 Å². The first-order valence-electron chi connectivity index (χ1n) is 9.64. The Morgan fingerprint density at radius 3 is 2.37 bits per heavy atom. The van der Waals surface area contributed by atoms with Crippen molar-refractivity contribution < 1.29 is 13.2 Å². The second-order valence-electron chi connectivity index (χ2n) is 7.18. The minimum atomic E-state index is -3.93. The average molecular weight is 427 g/mol. The van der Waals surface area contributed by atoms with Gasteiger partial charge in [-0.15, -0.1) is 0 Å². The number of amides is 1. The fourth-order valence-corrected chi connectivity index (χ4v) is 4.58. The van der Waals surface area contributed by atoms with Gasteiger partial charge < -0.3 is 16.0 Å². The van der Waals surface area contributed by atoms with E-state index < -0.39 is 15.9 Å². The molecule has 0 bridgehead atoms. The van der Waals surface area contributed by atoms with Crippen molar-refractivity contribution in [3.05, 3.63) is 60.2 Å². The predicted molar refractivity (Wildman–Crippen MR) is 123 cm³/mol. The molecule has 0 unspecified atom stereocenters. The molecule has 0 radical (unpaired) electrons. The molecule has 0 fully saturated rings. The molecule has 1 amide bonds. The zero-order valence-corrected chi connectivity index (χ0v) is 18.1. The SMILES string of the molecule is CCCNc1ccc(C(N)=O)cc1NS(=O)(=O)c1cccc2c(N(C)C)cccc12. The molecule has 0 heterocycles. The van der Waals surface area contributed by atoms with Crippen LogP contribution in [0.5, 0.6) is 0 Å². The van der Waals surface area contributed by atoms with Gasteiger partial charge in [0.2, 0.25) is 5.91 Å². The van der Waals surface area contributed by atoms with Crippen LogP contribution in [0.15, 0.2) is 59.5 Å². The number of sulfonamides is 1. The number of carbonyl (C=O) groups is 1. The third-order valence-corrected chi connectivity index (χ3v) is 6.17. The van der Waals surface area contributed by atoms with Crippen molar-refractivity contribution in [3.8, 4) is 0 Å². The molecule has 0 aliphatic carbocycles. The van der Waals surface area contributed by atoms with Gasteiger partial charge in [0.25, 0.3) is 10.0 Å². The van der Waals surface area contributed by atoms with Gasteiger partial charge in [-0.05, 0) is 36.8 Å². The van der Waals surface area contributed by atoms with E-state index in [2.05, 4.69) is 10.0 Å². The van der Waals surface area contributed by atoms with Gasteiger partial charge in [0.15, 0.2) is 0 Å². The maximum atomic E-state index is 13.3. The second kappa shape index (κ2) is 8.62. The number of nitrogens with zero attached hydrogens (tertiary/aromatic N) is 1. The highest BCUT2D eigenvalue weighted by Crippen LogP contribution is 2.32. The largest absolute Gasteiger partial charge is 0.383 e. The highest BCUT2D eigenvalue weighted by Gasteiger charge is 2.20. The quantitative estimate of drug-likeness (QED) is 0.510. The summed E-state index contributed by atoms with van der Waals surface area (Å²) in [7, 11) is -0.109. The summed E-state index contributed by atoms with van der Waals surface area (Å²) in [4.78, 5) is 13.7. The van der Waals surface area contributed by atoms with Gasteiger partial charge in [-0.3, -0.25) is 9.52 Å². The molecule has 7 nitrogen and oxygen atoms in total. The first-order valence-corrected chi connectivity index (χ1v) is 11.1. The van der Waals surface area contributed by atoms with E-state index in [0.29, 0.717) is 17.6 Å². The number of primary amides is 1.